The summed E-state index contributed by atoms with van der Waals surface area (Å²) in [5.41, 5.74) is 3.07. The molecule has 0 N–H and O–H groups in total. The van der Waals surface area contributed by atoms with Crippen LogP contribution < -0.4 is 0 Å². The zero-order chi connectivity index (χ0) is 17.2. The second-order valence-corrected chi connectivity index (χ2v) is 8.58. The van der Waals surface area contributed by atoms with Crippen LogP contribution in [0.4, 0.5) is 4.79 Å². The highest BCUT2D eigenvalue weighted by Crippen LogP contribution is 2.47. The van der Waals surface area contributed by atoms with Gasteiger partial charge in [0.1, 0.15) is 15.9 Å². The number of pyridine rings is 1. The molecule has 2 aliphatic heterocycles. The van der Waals surface area contributed by atoms with Crippen molar-refractivity contribution in [2.75, 3.05) is 0 Å². The molecule has 1 amide bonds. The van der Waals surface area contributed by atoms with E-state index in [0.29, 0.717) is 0 Å². The van der Waals surface area contributed by atoms with Crippen molar-refractivity contribution in [1.82, 2.24) is 14.5 Å². The van der Waals surface area contributed by atoms with Gasteiger partial charge in [-0.2, -0.15) is 0 Å². The summed E-state index contributed by atoms with van der Waals surface area (Å²) in [6.07, 6.45) is 2.70. The number of nitrogens with zero attached hydrogens (tertiary/aromatic N) is 3. The van der Waals surface area contributed by atoms with Gasteiger partial charge in [-0.05, 0) is 61.7 Å². The molecule has 2 unspecified atom stereocenters. The highest BCUT2D eigenvalue weighted by Gasteiger charge is 2.46. The number of carbonyl (C=O) groups is 1. The first kappa shape index (κ1) is 15.9. The minimum atomic E-state index is -0.470. The van der Waals surface area contributed by atoms with Gasteiger partial charge in [0.25, 0.3) is 0 Å². The number of ether oxygens (including phenoxy) is 1. The van der Waals surface area contributed by atoms with E-state index in [4.69, 9.17) is 4.74 Å². The fraction of sp³-hybridized carbons (Fsp3) is 0.556. The van der Waals surface area contributed by atoms with Gasteiger partial charge in [0.05, 0.1) is 6.04 Å². The molecule has 4 heterocycles. The van der Waals surface area contributed by atoms with Crippen LogP contribution >= 0.6 is 15.9 Å². The largest absolute Gasteiger partial charge is 0.444 e. The van der Waals surface area contributed by atoms with Crippen LogP contribution in [-0.4, -0.2) is 32.2 Å². The van der Waals surface area contributed by atoms with E-state index in [9.17, 15) is 4.79 Å². The zero-order valence-electron chi connectivity index (χ0n) is 14.5. The van der Waals surface area contributed by atoms with E-state index in [1.807, 2.05) is 31.7 Å². The van der Waals surface area contributed by atoms with Crippen molar-refractivity contribution in [3.05, 3.63) is 28.0 Å². The van der Waals surface area contributed by atoms with Gasteiger partial charge in [0.15, 0.2) is 0 Å². The number of hydrogen-bond donors (Lipinski definition) is 0. The molecule has 2 bridgehead atoms. The molecule has 2 aromatic rings. The second kappa shape index (κ2) is 5.22. The zero-order valence-corrected chi connectivity index (χ0v) is 16.1. The fourth-order valence-electron chi connectivity index (χ4n) is 4.15. The molecular weight excluding hydrogens is 370 g/mol. The average molecular weight is 392 g/mol. The lowest BCUT2D eigenvalue weighted by atomic mass is 9.98. The molecule has 128 valence electrons. The standard InChI is InChI=1S/C18H22BrN3O2/c1-18(2,3)24-17(23)22-10-5-7-12(22)15-11-6-8-14(19)20-16(11)21(4)13(15)9-10/h6,8,10,12H,5,7,9H2,1-4H3. The molecule has 0 radical (unpaired) electrons. The smallest absolute Gasteiger partial charge is 0.411 e. The Hall–Kier alpha value is -1.56. The first-order chi connectivity index (χ1) is 11.3. The number of aromatic nitrogens is 2. The first-order valence-electron chi connectivity index (χ1n) is 8.41. The first-order valence-corrected chi connectivity index (χ1v) is 9.20. The van der Waals surface area contributed by atoms with E-state index in [1.165, 1.54) is 11.3 Å². The predicted octanol–water partition coefficient (Wildman–Crippen LogP) is 4.33. The molecule has 1 saturated heterocycles. The van der Waals surface area contributed by atoms with Crippen molar-refractivity contribution in [1.29, 1.82) is 0 Å². The molecule has 0 aliphatic carbocycles. The van der Waals surface area contributed by atoms with E-state index in [-0.39, 0.29) is 18.2 Å². The van der Waals surface area contributed by atoms with Crippen LogP contribution in [0.25, 0.3) is 11.0 Å². The molecule has 4 rings (SSSR count). The Morgan fingerprint density at radius 3 is 2.79 bits per heavy atom. The van der Waals surface area contributed by atoms with Crippen molar-refractivity contribution in [2.45, 2.75) is 57.7 Å². The van der Waals surface area contributed by atoms with Crippen LogP contribution in [0.1, 0.15) is 50.9 Å². The molecule has 5 nitrogen and oxygen atoms in total. The maximum Gasteiger partial charge on any atom is 0.411 e. The third-order valence-corrected chi connectivity index (χ3v) is 5.48. The molecule has 2 aromatic heterocycles. The van der Waals surface area contributed by atoms with Gasteiger partial charge in [-0.1, -0.05) is 0 Å². The normalized spacial score (nSPS) is 22.8. The molecule has 0 saturated carbocycles. The number of carbonyl (C=O) groups excluding carboxylic acids is 1. The molecule has 1 fully saturated rings. The van der Waals surface area contributed by atoms with Crippen LogP contribution in [0.5, 0.6) is 0 Å². The van der Waals surface area contributed by atoms with E-state index in [1.54, 1.807) is 0 Å². The summed E-state index contributed by atoms with van der Waals surface area (Å²) in [5.74, 6) is 0. The van der Waals surface area contributed by atoms with Gasteiger partial charge in [-0.15, -0.1) is 0 Å². The Morgan fingerprint density at radius 1 is 1.33 bits per heavy atom. The Bertz CT molecular complexity index is 837. The SMILES string of the molecule is Cn1c2c(c3ccc(Br)nc31)C1CCC(C2)N1C(=O)OC(C)(C)C. The van der Waals surface area contributed by atoms with Gasteiger partial charge >= 0.3 is 6.09 Å². The summed E-state index contributed by atoms with van der Waals surface area (Å²) in [5, 5.41) is 1.15. The summed E-state index contributed by atoms with van der Waals surface area (Å²) >= 11 is 3.46. The topological polar surface area (TPSA) is 47.4 Å². The van der Waals surface area contributed by atoms with Crippen LogP contribution in [0.2, 0.25) is 0 Å². The summed E-state index contributed by atoms with van der Waals surface area (Å²) in [7, 11) is 2.07. The van der Waals surface area contributed by atoms with E-state index < -0.39 is 5.60 Å². The number of rotatable bonds is 0. The predicted molar refractivity (Wildman–Crippen MR) is 96.0 cm³/mol. The Kier molecular flexibility index (Phi) is 3.46. The Labute approximate surface area is 150 Å². The van der Waals surface area contributed by atoms with Gasteiger partial charge in [-0.25, -0.2) is 9.78 Å². The number of aryl methyl sites for hydroxylation is 1. The van der Waals surface area contributed by atoms with Crippen LogP contribution in [0.3, 0.4) is 0 Å². The number of amides is 1. The van der Waals surface area contributed by atoms with Crippen molar-refractivity contribution >= 4 is 33.1 Å². The molecular formula is C18H22BrN3O2. The average Bonchev–Trinajstić information content (AvgIpc) is 2.93. The Balaban J connectivity index is 1.81. The lowest BCUT2D eigenvalue weighted by molar-refractivity contribution is 0.0124. The highest BCUT2D eigenvalue weighted by atomic mass is 79.9. The minimum absolute atomic E-state index is 0.0975. The number of fused-ring (bicyclic) bond motifs is 6. The molecule has 0 spiro atoms. The van der Waals surface area contributed by atoms with Crippen LogP contribution in [0.15, 0.2) is 16.7 Å². The quantitative estimate of drug-likeness (QED) is 0.627. The monoisotopic (exact) mass is 391 g/mol. The summed E-state index contributed by atoms with van der Waals surface area (Å²) in [6.45, 7) is 5.75. The minimum Gasteiger partial charge on any atom is -0.444 e. The Morgan fingerprint density at radius 2 is 2.08 bits per heavy atom. The van der Waals surface area contributed by atoms with Gasteiger partial charge in [0, 0.05) is 36.2 Å². The van der Waals surface area contributed by atoms with Gasteiger partial charge in [-0.3, -0.25) is 4.90 Å². The highest BCUT2D eigenvalue weighted by molar-refractivity contribution is 9.10. The molecule has 24 heavy (non-hydrogen) atoms. The fourth-order valence-corrected chi connectivity index (χ4v) is 4.45. The maximum atomic E-state index is 12.8. The third kappa shape index (κ3) is 2.34. The molecule has 2 atom stereocenters. The maximum absolute atomic E-state index is 12.8. The summed E-state index contributed by atoms with van der Waals surface area (Å²) < 4.78 is 8.69. The number of hydrogen-bond acceptors (Lipinski definition) is 3. The van der Waals surface area contributed by atoms with Crippen LogP contribution in [0, 0.1) is 0 Å². The van der Waals surface area contributed by atoms with E-state index in [0.717, 1.165) is 34.9 Å². The summed E-state index contributed by atoms with van der Waals surface area (Å²) in [4.78, 5) is 19.4. The molecule has 2 aliphatic rings. The van der Waals surface area contributed by atoms with Gasteiger partial charge < -0.3 is 9.30 Å². The van der Waals surface area contributed by atoms with Crippen molar-refractivity contribution in [2.24, 2.45) is 7.05 Å². The lowest BCUT2D eigenvalue weighted by Crippen LogP contribution is -2.44. The van der Waals surface area contributed by atoms with Crippen molar-refractivity contribution in [3.8, 4) is 0 Å². The molecule has 0 aromatic carbocycles. The third-order valence-electron chi connectivity index (χ3n) is 5.03. The summed E-state index contributed by atoms with van der Waals surface area (Å²) in [6, 6.07) is 4.41. The van der Waals surface area contributed by atoms with Crippen molar-refractivity contribution in [3.63, 3.8) is 0 Å². The van der Waals surface area contributed by atoms with Crippen LogP contribution in [-0.2, 0) is 18.2 Å². The second-order valence-electron chi connectivity index (χ2n) is 7.76. The van der Waals surface area contributed by atoms with E-state index in [2.05, 4.69) is 38.6 Å². The van der Waals surface area contributed by atoms with Gasteiger partial charge in [0.2, 0.25) is 0 Å². The van der Waals surface area contributed by atoms with Crippen molar-refractivity contribution < 1.29 is 9.53 Å². The lowest BCUT2D eigenvalue weighted by Gasteiger charge is -2.36. The van der Waals surface area contributed by atoms with E-state index >= 15 is 0 Å². The molecule has 6 heteroatoms. The number of halogens is 1.